The van der Waals surface area contributed by atoms with Crippen molar-refractivity contribution in [2.45, 2.75) is 32.3 Å². The van der Waals surface area contributed by atoms with Crippen LogP contribution < -0.4 is 0 Å². The van der Waals surface area contributed by atoms with Gasteiger partial charge in [-0.2, -0.15) is 0 Å². The van der Waals surface area contributed by atoms with E-state index in [1.165, 1.54) is 5.56 Å². The molecule has 1 saturated carbocycles. The van der Waals surface area contributed by atoms with Crippen molar-refractivity contribution in [1.82, 2.24) is 4.90 Å². The molecule has 1 heterocycles. The average molecular weight is 363 g/mol. The van der Waals surface area contributed by atoms with E-state index in [-0.39, 0.29) is 30.3 Å². The smallest absolute Gasteiger partial charge is 0.311 e. The summed E-state index contributed by atoms with van der Waals surface area (Å²) in [5, 5.41) is 0. The van der Waals surface area contributed by atoms with E-state index >= 15 is 0 Å². The zero-order valence-corrected chi connectivity index (χ0v) is 15.5. The standard InChI is InChI=1S/C23H25NO3/c25-22(20-12-13-20)24-14-4-7-21(15-24)23(26)27-16-17-8-10-19(11-9-17)18-5-2-1-3-6-18/h1-3,5-6,8-11,20-21H,4,7,12-16H2. The van der Waals surface area contributed by atoms with E-state index in [2.05, 4.69) is 24.3 Å². The first-order chi connectivity index (χ1) is 13.2. The third-order valence-electron chi connectivity index (χ3n) is 5.44. The summed E-state index contributed by atoms with van der Waals surface area (Å²) < 4.78 is 5.54. The number of esters is 1. The fraction of sp³-hybridized carbons (Fsp3) is 0.391. The Kier molecular flexibility index (Phi) is 5.23. The Morgan fingerprint density at radius 3 is 2.30 bits per heavy atom. The number of carbonyl (C=O) groups is 2. The molecule has 0 bridgehead atoms. The molecule has 0 radical (unpaired) electrons. The van der Waals surface area contributed by atoms with Crippen LogP contribution in [0.4, 0.5) is 0 Å². The minimum atomic E-state index is -0.190. The van der Waals surface area contributed by atoms with Crippen LogP contribution in [0.1, 0.15) is 31.2 Å². The van der Waals surface area contributed by atoms with E-state index < -0.39 is 0 Å². The van der Waals surface area contributed by atoms with Crippen molar-refractivity contribution in [3.63, 3.8) is 0 Å². The third-order valence-corrected chi connectivity index (χ3v) is 5.44. The molecule has 140 valence electrons. The first-order valence-electron chi connectivity index (χ1n) is 9.80. The van der Waals surface area contributed by atoms with Gasteiger partial charge in [0.2, 0.25) is 5.91 Å². The number of rotatable bonds is 5. The van der Waals surface area contributed by atoms with Gasteiger partial charge in [-0.15, -0.1) is 0 Å². The molecular weight excluding hydrogens is 338 g/mol. The van der Waals surface area contributed by atoms with Crippen molar-refractivity contribution < 1.29 is 14.3 Å². The molecule has 1 unspecified atom stereocenters. The lowest BCUT2D eigenvalue weighted by Crippen LogP contribution is -2.43. The molecule has 1 atom stereocenters. The molecule has 1 aliphatic carbocycles. The summed E-state index contributed by atoms with van der Waals surface area (Å²) >= 11 is 0. The van der Waals surface area contributed by atoms with Crippen LogP contribution in [0.25, 0.3) is 11.1 Å². The number of likely N-dealkylation sites (tertiary alicyclic amines) is 1. The normalized spacial score (nSPS) is 19.6. The maximum atomic E-state index is 12.5. The van der Waals surface area contributed by atoms with Crippen LogP contribution in [0.2, 0.25) is 0 Å². The summed E-state index contributed by atoms with van der Waals surface area (Å²) in [6, 6.07) is 18.3. The van der Waals surface area contributed by atoms with Crippen LogP contribution in [-0.4, -0.2) is 29.9 Å². The van der Waals surface area contributed by atoms with Gasteiger partial charge in [-0.3, -0.25) is 9.59 Å². The van der Waals surface area contributed by atoms with Gasteiger partial charge < -0.3 is 9.64 Å². The van der Waals surface area contributed by atoms with Crippen molar-refractivity contribution in [2.24, 2.45) is 11.8 Å². The van der Waals surface area contributed by atoms with E-state index in [0.717, 1.165) is 43.4 Å². The molecule has 2 fully saturated rings. The molecule has 2 aromatic rings. The van der Waals surface area contributed by atoms with Gasteiger partial charge in [0.05, 0.1) is 5.92 Å². The van der Waals surface area contributed by atoms with Crippen molar-refractivity contribution >= 4 is 11.9 Å². The lowest BCUT2D eigenvalue weighted by molar-refractivity contribution is -0.153. The minimum absolute atomic E-state index is 0.185. The van der Waals surface area contributed by atoms with E-state index in [0.29, 0.717) is 6.54 Å². The predicted octanol–water partition coefficient (Wildman–Crippen LogP) is 4.05. The fourth-order valence-corrected chi connectivity index (χ4v) is 3.65. The molecule has 1 saturated heterocycles. The Hall–Kier alpha value is -2.62. The highest BCUT2D eigenvalue weighted by atomic mass is 16.5. The van der Waals surface area contributed by atoms with Crippen LogP contribution in [0.15, 0.2) is 54.6 Å². The van der Waals surface area contributed by atoms with E-state index in [1.807, 2.05) is 35.2 Å². The van der Waals surface area contributed by atoms with Gasteiger partial charge in [0, 0.05) is 19.0 Å². The molecule has 4 rings (SSSR count). The van der Waals surface area contributed by atoms with Crippen LogP contribution >= 0.6 is 0 Å². The Morgan fingerprint density at radius 2 is 1.59 bits per heavy atom. The quantitative estimate of drug-likeness (QED) is 0.753. The van der Waals surface area contributed by atoms with Gasteiger partial charge in [0.15, 0.2) is 0 Å². The number of piperidine rings is 1. The Bertz CT molecular complexity index is 796. The predicted molar refractivity (Wildman–Crippen MR) is 104 cm³/mol. The molecule has 1 amide bonds. The molecule has 2 aliphatic rings. The number of hydrogen-bond acceptors (Lipinski definition) is 3. The molecule has 1 aliphatic heterocycles. The number of benzene rings is 2. The number of nitrogens with zero attached hydrogens (tertiary/aromatic N) is 1. The average Bonchev–Trinajstić information content (AvgIpc) is 3.58. The monoisotopic (exact) mass is 363 g/mol. The highest BCUT2D eigenvalue weighted by Crippen LogP contribution is 2.32. The Morgan fingerprint density at radius 1 is 0.889 bits per heavy atom. The molecule has 2 aromatic carbocycles. The number of carbonyl (C=O) groups excluding carboxylic acids is 2. The van der Waals surface area contributed by atoms with Crippen LogP contribution in [0, 0.1) is 11.8 Å². The summed E-state index contributed by atoms with van der Waals surface area (Å²) in [6.07, 6.45) is 3.69. The van der Waals surface area contributed by atoms with E-state index in [4.69, 9.17) is 4.74 Å². The van der Waals surface area contributed by atoms with Crippen LogP contribution in [0.5, 0.6) is 0 Å². The SMILES string of the molecule is O=C(OCc1ccc(-c2ccccc2)cc1)C1CCCN(C(=O)C2CC2)C1. The Balaban J connectivity index is 1.30. The summed E-state index contributed by atoms with van der Waals surface area (Å²) in [5.41, 5.74) is 3.29. The van der Waals surface area contributed by atoms with Gasteiger partial charge >= 0.3 is 5.97 Å². The highest BCUT2D eigenvalue weighted by Gasteiger charge is 2.37. The molecule has 4 nitrogen and oxygen atoms in total. The fourth-order valence-electron chi connectivity index (χ4n) is 3.65. The van der Waals surface area contributed by atoms with Crippen LogP contribution in [0.3, 0.4) is 0 Å². The Labute approximate surface area is 160 Å². The number of ether oxygens (including phenoxy) is 1. The third kappa shape index (κ3) is 4.38. The zero-order chi connectivity index (χ0) is 18.6. The van der Waals surface area contributed by atoms with Gasteiger partial charge in [-0.05, 0) is 42.4 Å². The van der Waals surface area contributed by atoms with E-state index in [1.54, 1.807) is 0 Å². The van der Waals surface area contributed by atoms with E-state index in [9.17, 15) is 9.59 Å². The number of hydrogen-bond donors (Lipinski definition) is 0. The lowest BCUT2D eigenvalue weighted by atomic mass is 9.98. The minimum Gasteiger partial charge on any atom is -0.461 e. The highest BCUT2D eigenvalue weighted by molar-refractivity contribution is 5.82. The molecule has 0 spiro atoms. The van der Waals surface area contributed by atoms with Gasteiger partial charge in [0.1, 0.15) is 6.61 Å². The maximum Gasteiger partial charge on any atom is 0.311 e. The topological polar surface area (TPSA) is 46.6 Å². The van der Waals surface area contributed by atoms with Crippen molar-refractivity contribution in [1.29, 1.82) is 0 Å². The lowest BCUT2D eigenvalue weighted by Gasteiger charge is -2.31. The van der Waals surface area contributed by atoms with Crippen molar-refractivity contribution in [3.8, 4) is 11.1 Å². The van der Waals surface area contributed by atoms with Crippen LogP contribution in [-0.2, 0) is 20.9 Å². The largest absolute Gasteiger partial charge is 0.461 e. The molecule has 0 N–H and O–H groups in total. The van der Waals surface area contributed by atoms with Gasteiger partial charge in [-0.1, -0.05) is 54.6 Å². The van der Waals surface area contributed by atoms with Gasteiger partial charge in [-0.25, -0.2) is 0 Å². The number of amides is 1. The molecule has 0 aromatic heterocycles. The first kappa shape index (κ1) is 17.8. The molecule has 27 heavy (non-hydrogen) atoms. The molecular formula is C23H25NO3. The second-order valence-corrected chi connectivity index (χ2v) is 7.57. The first-order valence-corrected chi connectivity index (χ1v) is 9.80. The van der Waals surface area contributed by atoms with Crippen molar-refractivity contribution in [2.75, 3.05) is 13.1 Å². The summed E-state index contributed by atoms with van der Waals surface area (Å²) in [6.45, 7) is 1.57. The molecule has 4 heteroatoms. The van der Waals surface area contributed by atoms with Gasteiger partial charge in [0.25, 0.3) is 0 Å². The summed E-state index contributed by atoms with van der Waals surface area (Å²) in [4.78, 5) is 26.5. The maximum absolute atomic E-state index is 12.5. The van der Waals surface area contributed by atoms with Crippen molar-refractivity contribution in [3.05, 3.63) is 60.2 Å². The second kappa shape index (κ2) is 7.95. The second-order valence-electron chi connectivity index (χ2n) is 7.57. The summed E-state index contributed by atoms with van der Waals surface area (Å²) in [5.74, 6) is 0.0624. The zero-order valence-electron chi connectivity index (χ0n) is 15.5. The summed E-state index contributed by atoms with van der Waals surface area (Å²) in [7, 11) is 0.